The molecule has 0 radical (unpaired) electrons. The summed E-state index contributed by atoms with van der Waals surface area (Å²) in [5.41, 5.74) is 2.35. The molecular formula is C25H33N3O2. The molecule has 5 atom stereocenters. The van der Waals surface area contributed by atoms with E-state index >= 15 is 0 Å². The summed E-state index contributed by atoms with van der Waals surface area (Å²) in [6, 6.07) is 13.9. The van der Waals surface area contributed by atoms with Gasteiger partial charge in [-0.15, -0.1) is 0 Å². The second-order valence-corrected chi connectivity index (χ2v) is 10.1. The lowest BCUT2D eigenvalue weighted by Gasteiger charge is -2.51. The van der Waals surface area contributed by atoms with Crippen LogP contribution in [0.25, 0.3) is 0 Å². The predicted molar refractivity (Wildman–Crippen MR) is 116 cm³/mol. The Balaban J connectivity index is 1.52. The number of piperidine rings is 1. The maximum Gasteiger partial charge on any atom is 0.293 e. The number of rotatable bonds is 4. The second-order valence-electron chi connectivity index (χ2n) is 10.1. The lowest BCUT2D eigenvalue weighted by Crippen LogP contribution is -2.59. The van der Waals surface area contributed by atoms with Gasteiger partial charge in [-0.2, -0.15) is 0 Å². The molecule has 2 bridgehead atoms. The number of amides is 1. The van der Waals surface area contributed by atoms with Crippen molar-refractivity contribution < 1.29 is 9.32 Å². The number of carbonyl (C=O) groups excluding carboxylic acids is 1. The van der Waals surface area contributed by atoms with Crippen molar-refractivity contribution >= 4 is 5.91 Å². The molecule has 2 saturated heterocycles. The fourth-order valence-corrected chi connectivity index (χ4v) is 6.60. The van der Waals surface area contributed by atoms with Gasteiger partial charge in [-0.25, -0.2) is 0 Å². The van der Waals surface area contributed by atoms with E-state index in [9.17, 15) is 4.79 Å². The Morgan fingerprint density at radius 1 is 1.23 bits per heavy atom. The third kappa shape index (κ3) is 2.93. The Kier molecular flexibility index (Phi) is 4.77. The maximum absolute atomic E-state index is 13.7. The summed E-state index contributed by atoms with van der Waals surface area (Å²) < 4.78 is 5.54. The van der Waals surface area contributed by atoms with Crippen molar-refractivity contribution in [2.75, 3.05) is 7.05 Å². The fourth-order valence-electron chi connectivity index (χ4n) is 6.60. The molecular weight excluding hydrogens is 374 g/mol. The smallest absolute Gasteiger partial charge is 0.293 e. The predicted octanol–water partition coefficient (Wildman–Crippen LogP) is 4.50. The number of aromatic nitrogens is 1. The Morgan fingerprint density at radius 2 is 1.97 bits per heavy atom. The van der Waals surface area contributed by atoms with Crippen molar-refractivity contribution in [1.82, 2.24) is 15.0 Å². The summed E-state index contributed by atoms with van der Waals surface area (Å²) in [6.07, 6.45) is 5.55. The fraction of sp³-hybridized carbons (Fsp3) is 0.600. The standard InChI is InChI=1S/C25H33N3O2/c1-16(2)18-14-21(30-26-18)24(29)28-20-15-25(3)22(11-8-12-23(25)28)27(4)19(20)13-17-9-6-5-7-10-17/h5-7,9-10,14,16,19-20,22-23H,8,11-13,15H2,1-4H3/t19-,20+,22-,23+,25-/m1/s1. The minimum Gasteiger partial charge on any atom is -0.351 e. The van der Waals surface area contributed by atoms with Crippen LogP contribution in [0.3, 0.4) is 0 Å². The van der Waals surface area contributed by atoms with E-state index in [0.29, 0.717) is 17.8 Å². The molecule has 1 aromatic carbocycles. The molecule has 0 N–H and O–H groups in total. The summed E-state index contributed by atoms with van der Waals surface area (Å²) in [5.74, 6) is 0.682. The average Bonchev–Trinajstić information content (AvgIpc) is 3.33. The maximum atomic E-state index is 13.7. The van der Waals surface area contributed by atoms with E-state index in [1.54, 1.807) is 0 Å². The lowest BCUT2D eigenvalue weighted by molar-refractivity contribution is -0.00398. The number of likely N-dealkylation sites (tertiary alicyclic amines) is 2. The van der Waals surface area contributed by atoms with Crippen LogP contribution in [0.2, 0.25) is 0 Å². The first kappa shape index (κ1) is 19.8. The van der Waals surface area contributed by atoms with Gasteiger partial charge in [0, 0.05) is 35.6 Å². The van der Waals surface area contributed by atoms with Gasteiger partial charge in [0.05, 0.1) is 5.69 Å². The van der Waals surface area contributed by atoms with Crippen molar-refractivity contribution in [3.05, 3.63) is 53.4 Å². The highest BCUT2D eigenvalue weighted by molar-refractivity contribution is 5.92. The van der Waals surface area contributed by atoms with Crippen LogP contribution in [-0.4, -0.2) is 52.1 Å². The number of hydrogen-bond donors (Lipinski definition) is 0. The molecule has 5 heteroatoms. The number of fused-ring (bicyclic) bond motifs is 1. The van der Waals surface area contributed by atoms with E-state index in [-0.39, 0.29) is 29.3 Å². The van der Waals surface area contributed by atoms with Gasteiger partial charge < -0.3 is 9.42 Å². The van der Waals surface area contributed by atoms with Crippen LogP contribution in [0.4, 0.5) is 0 Å². The number of carbonyl (C=O) groups is 1. The molecule has 2 aromatic rings. The highest BCUT2D eigenvalue weighted by atomic mass is 16.5. The number of nitrogens with zero attached hydrogens (tertiary/aromatic N) is 3. The molecule has 1 aromatic heterocycles. The second kappa shape index (κ2) is 7.23. The van der Waals surface area contributed by atoms with E-state index in [2.05, 4.69) is 73.1 Å². The molecule has 3 fully saturated rings. The van der Waals surface area contributed by atoms with Crippen LogP contribution in [-0.2, 0) is 6.42 Å². The quantitative estimate of drug-likeness (QED) is 0.749. The third-order valence-electron chi connectivity index (χ3n) is 8.13. The van der Waals surface area contributed by atoms with E-state index in [1.807, 2.05) is 6.07 Å². The SMILES string of the molecule is CC(C)c1cc(C(=O)N2[C@H]3CCC[C@H]4N(C)[C@H](Cc5ccccc5)[C@@H]2C[C@@]34C)on1. The molecule has 30 heavy (non-hydrogen) atoms. The van der Waals surface area contributed by atoms with Gasteiger partial charge in [0.2, 0.25) is 5.76 Å². The van der Waals surface area contributed by atoms with Crippen LogP contribution in [0.1, 0.15) is 74.2 Å². The van der Waals surface area contributed by atoms with Gasteiger partial charge in [0.15, 0.2) is 0 Å². The summed E-state index contributed by atoms with van der Waals surface area (Å²) in [5, 5.41) is 4.16. The van der Waals surface area contributed by atoms with Crippen molar-refractivity contribution in [1.29, 1.82) is 0 Å². The van der Waals surface area contributed by atoms with Gasteiger partial charge in [-0.1, -0.05) is 56.3 Å². The molecule has 5 nitrogen and oxygen atoms in total. The van der Waals surface area contributed by atoms with Gasteiger partial charge in [-0.3, -0.25) is 9.69 Å². The van der Waals surface area contributed by atoms with E-state index in [1.165, 1.54) is 18.4 Å². The topological polar surface area (TPSA) is 49.6 Å². The van der Waals surface area contributed by atoms with Gasteiger partial charge in [-0.05, 0) is 50.6 Å². The molecule has 1 aliphatic carbocycles. The molecule has 5 rings (SSSR count). The van der Waals surface area contributed by atoms with E-state index in [4.69, 9.17) is 4.52 Å². The molecule has 0 spiro atoms. The Hall–Kier alpha value is -2.14. The number of likely N-dealkylation sites (N-methyl/N-ethyl adjacent to an activating group) is 1. The minimum absolute atomic E-state index is 0.0298. The Morgan fingerprint density at radius 3 is 2.67 bits per heavy atom. The van der Waals surface area contributed by atoms with Crippen LogP contribution < -0.4 is 0 Å². The Bertz CT molecular complexity index is 923. The summed E-state index contributed by atoms with van der Waals surface area (Å²) in [4.78, 5) is 18.5. The summed E-state index contributed by atoms with van der Waals surface area (Å²) in [7, 11) is 2.28. The largest absolute Gasteiger partial charge is 0.351 e. The first-order valence-corrected chi connectivity index (χ1v) is 11.5. The first-order chi connectivity index (χ1) is 14.4. The number of hydrogen-bond acceptors (Lipinski definition) is 4. The monoisotopic (exact) mass is 407 g/mol. The molecule has 1 amide bonds. The van der Waals surface area contributed by atoms with E-state index in [0.717, 1.165) is 25.0 Å². The molecule has 0 unspecified atom stereocenters. The summed E-state index contributed by atoms with van der Waals surface area (Å²) in [6.45, 7) is 6.57. The van der Waals surface area contributed by atoms with Crippen molar-refractivity contribution in [2.45, 2.75) is 83.0 Å². The van der Waals surface area contributed by atoms with Gasteiger partial charge >= 0.3 is 0 Å². The molecule has 2 aliphatic heterocycles. The molecule has 160 valence electrons. The average molecular weight is 408 g/mol. The van der Waals surface area contributed by atoms with Crippen molar-refractivity contribution in [3.8, 4) is 0 Å². The van der Waals surface area contributed by atoms with Crippen molar-refractivity contribution in [2.24, 2.45) is 5.41 Å². The van der Waals surface area contributed by atoms with Crippen LogP contribution in [0.5, 0.6) is 0 Å². The highest BCUT2D eigenvalue weighted by Crippen LogP contribution is 2.56. The first-order valence-electron chi connectivity index (χ1n) is 11.5. The lowest BCUT2D eigenvalue weighted by atomic mass is 9.64. The third-order valence-corrected chi connectivity index (χ3v) is 8.13. The van der Waals surface area contributed by atoms with Crippen molar-refractivity contribution in [3.63, 3.8) is 0 Å². The van der Waals surface area contributed by atoms with Gasteiger partial charge in [0.25, 0.3) is 5.91 Å². The van der Waals surface area contributed by atoms with E-state index < -0.39 is 0 Å². The Labute approximate surface area is 179 Å². The zero-order valence-electron chi connectivity index (χ0n) is 18.5. The molecule has 3 aliphatic rings. The molecule has 3 heterocycles. The highest BCUT2D eigenvalue weighted by Gasteiger charge is 2.63. The summed E-state index contributed by atoms with van der Waals surface area (Å²) >= 11 is 0. The van der Waals surface area contributed by atoms with Crippen LogP contribution in [0.15, 0.2) is 40.9 Å². The zero-order valence-corrected chi connectivity index (χ0v) is 18.5. The van der Waals surface area contributed by atoms with Crippen LogP contribution in [0, 0.1) is 5.41 Å². The van der Waals surface area contributed by atoms with Crippen LogP contribution >= 0.6 is 0 Å². The van der Waals surface area contributed by atoms with Gasteiger partial charge in [0.1, 0.15) is 0 Å². The minimum atomic E-state index is 0.0298. The molecule has 1 saturated carbocycles. The zero-order chi connectivity index (χ0) is 21.0. The normalized spacial score (nSPS) is 33.3. The number of benzene rings is 1.